The van der Waals surface area contributed by atoms with Gasteiger partial charge in [-0.1, -0.05) is 6.42 Å². The van der Waals surface area contributed by atoms with Gasteiger partial charge in [0, 0.05) is 31.7 Å². The second-order valence-corrected chi connectivity index (χ2v) is 5.83. The van der Waals surface area contributed by atoms with Crippen LogP contribution in [0.3, 0.4) is 0 Å². The van der Waals surface area contributed by atoms with Crippen molar-refractivity contribution in [3.05, 3.63) is 11.9 Å². The van der Waals surface area contributed by atoms with Crippen LogP contribution in [-0.2, 0) is 0 Å². The minimum absolute atomic E-state index is 0.279. The van der Waals surface area contributed by atoms with Gasteiger partial charge >= 0.3 is 0 Å². The fourth-order valence-corrected chi connectivity index (χ4v) is 2.75. The van der Waals surface area contributed by atoms with E-state index in [0.29, 0.717) is 0 Å². The Bertz CT molecular complexity index is 443. The highest BCUT2D eigenvalue weighted by Crippen LogP contribution is 2.27. The lowest BCUT2D eigenvalue weighted by Crippen LogP contribution is -2.27. The van der Waals surface area contributed by atoms with E-state index in [-0.39, 0.29) is 6.04 Å². The number of nitrogens with two attached hydrogens (primary N) is 1. The first-order valence-electron chi connectivity index (χ1n) is 7.31. The summed E-state index contributed by atoms with van der Waals surface area (Å²) >= 11 is 0. The lowest BCUT2D eigenvalue weighted by Gasteiger charge is -2.26. The van der Waals surface area contributed by atoms with E-state index >= 15 is 0 Å². The third kappa shape index (κ3) is 2.97. The summed E-state index contributed by atoms with van der Waals surface area (Å²) in [7, 11) is 0. The second kappa shape index (κ2) is 5.33. The van der Waals surface area contributed by atoms with Gasteiger partial charge in [0.1, 0.15) is 17.5 Å². The molecule has 1 aliphatic heterocycles. The molecule has 19 heavy (non-hydrogen) atoms. The van der Waals surface area contributed by atoms with Crippen LogP contribution in [-0.4, -0.2) is 35.6 Å². The molecule has 0 spiro atoms. The van der Waals surface area contributed by atoms with E-state index in [2.05, 4.69) is 26.3 Å². The molecule has 1 aliphatic carbocycles. The number of nitrogens with zero attached hydrogens (tertiary/aromatic N) is 3. The van der Waals surface area contributed by atoms with E-state index < -0.39 is 0 Å². The van der Waals surface area contributed by atoms with E-state index in [1.807, 2.05) is 6.92 Å². The average Bonchev–Trinajstić information content (AvgIpc) is 2.73. The summed E-state index contributed by atoms with van der Waals surface area (Å²) in [6, 6.07) is 2.34. The van der Waals surface area contributed by atoms with Crippen molar-refractivity contribution < 1.29 is 0 Å². The zero-order valence-electron chi connectivity index (χ0n) is 11.6. The Morgan fingerprint density at radius 2 is 2.21 bits per heavy atom. The fraction of sp³-hybridized carbons (Fsp3) is 0.714. The fourth-order valence-electron chi connectivity index (χ4n) is 2.75. The highest BCUT2D eigenvalue weighted by Gasteiger charge is 2.21. The number of hydrogen-bond donors (Lipinski definition) is 2. The van der Waals surface area contributed by atoms with Gasteiger partial charge in [0.2, 0.25) is 0 Å². The Morgan fingerprint density at radius 3 is 2.84 bits per heavy atom. The van der Waals surface area contributed by atoms with Gasteiger partial charge in [-0.15, -0.1) is 0 Å². The maximum absolute atomic E-state index is 5.96. The Balaban J connectivity index is 1.68. The van der Waals surface area contributed by atoms with Crippen LogP contribution in [0.1, 0.15) is 31.5 Å². The molecule has 1 atom stereocenters. The molecule has 2 fully saturated rings. The number of hydrogen-bond acceptors (Lipinski definition) is 5. The van der Waals surface area contributed by atoms with Crippen LogP contribution in [0.15, 0.2) is 6.07 Å². The molecule has 1 unspecified atom stereocenters. The van der Waals surface area contributed by atoms with E-state index in [1.54, 1.807) is 0 Å². The minimum atomic E-state index is 0.279. The SMILES string of the molecule is Cc1nc(NCC2CCC2)cc(N2CCC(N)C2)n1. The number of rotatable bonds is 4. The molecule has 0 aromatic carbocycles. The van der Waals surface area contributed by atoms with Crippen LogP contribution in [0.25, 0.3) is 0 Å². The highest BCUT2D eigenvalue weighted by molar-refractivity contribution is 5.50. The Kier molecular flexibility index (Phi) is 3.55. The third-order valence-corrected chi connectivity index (χ3v) is 4.17. The van der Waals surface area contributed by atoms with Crippen molar-refractivity contribution >= 4 is 11.6 Å². The van der Waals surface area contributed by atoms with Crippen molar-refractivity contribution in [2.75, 3.05) is 29.9 Å². The summed E-state index contributed by atoms with van der Waals surface area (Å²) in [6.07, 6.45) is 5.13. The maximum atomic E-state index is 5.96. The Labute approximate surface area is 114 Å². The van der Waals surface area contributed by atoms with Crippen molar-refractivity contribution in [1.82, 2.24) is 9.97 Å². The van der Waals surface area contributed by atoms with Crippen LogP contribution in [0, 0.1) is 12.8 Å². The lowest BCUT2D eigenvalue weighted by molar-refractivity contribution is 0.333. The van der Waals surface area contributed by atoms with Gasteiger partial charge in [-0.05, 0) is 32.1 Å². The van der Waals surface area contributed by atoms with Gasteiger partial charge in [-0.25, -0.2) is 9.97 Å². The molecule has 0 radical (unpaired) electrons. The molecule has 0 bridgehead atoms. The number of aromatic nitrogens is 2. The summed E-state index contributed by atoms with van der Waals surface area (Å²) in [6.45, 7) is 4.89. The standard InChI is InChI=1S/C14H23N5/c1-10-17-13(16-8-11-3-2-4-11)7-14(18-10)19-6-5-12(15)9-19/h7,11-12H,2-6,8-9,15H2,1H3,(H,16,17,18). The Morgan fingerprint density at radius 1 is 1.37 bits per heavy atom. The zero-order valence-corrected chi connectivity index (χ0v) is 11.6. The molecular formula is C14H23N5. The predicted molar refractivity (Wildman–Crippen MR) is 77.4 cm³/mol. The smallest absolute Gasteiger partial charge is 0.134 e. The largest absolute Gasteiger partial charge is 0.370 e. The van der Waals surface area contributed by atoms with E-state index in [9.17, 15) is 0 Å². The lowest BCUT2D eigenvalue weighted by atomic mass is 9.85. The summed E-state index contributed by atoms with van der Waals surface area (Å²) in [4.78, 5) is 11.3. The molecule has 3 rings (SSSR count). The van der Waals surface area contributed by atoms with Crippen LogP contribution < -0.4 is 16.0 Å². The van der Waals surface area contributed by atoms with Crippen molar-refractivity contribution in [3.63, 3.8) is 0 Å². The number of anilines is 2. The molecule has 1 saturated heterocycles. The zero-order chi connectivity index (χ0) is 13.2. The first kappa shape index (κ1) is 12.7. The monoisotopic (exact) mass is 261 g/mol. The molecule has 104 valence electrons. The van der Waals surface area contributed by atoms with Crippen molar-refractivity contribution in [2.24, 2.45) is 11.7 Å². The molecule has 1 aromatic heterocycles. The normalized spacial score (nSPS) is 23.5. The summed E-state index contributed by atoms with van der Waals surface area (Å²) < 4.78 is 0. The summed E-state index contributed by atoms with van der Waals surface area (Å²) in [5, 5.41) is 3.45. The first-order valence-corrected chi connectivity index (χ1v) is 7.31. The second-order valence-electron chi connectivity index (χ2n) is 5.83. The highest BCUT2D eigenvalue weighted by atomic mass is 15.2. The molecule has 2 aliphatic rings. The summed E-state index contributed by atoms with van der Waals surface area (Å²) in [5.74, 6) is 3.62. The molecule has 0 amide bonds. The number of aryl methyl sites for hydroxylation is 1. The van der Waals surface area contributed by atoms with Gasteiger partial charge in [-0.2, -0.15) is 0 Å². The van der Waals surface area contributed by atoms with Gasteiger partial charge in [0.25, 0.3) is 0 Å². The molecule has 5 nitrogen and oxygen atoms in total. The molecule has 5 heteroatoms. The van der Waals surface area contributed by atoms with Crippen molar-refractivity contribution in [3.8, 4) is 0 Å². The van der Waals surface area contributed by atoms with Crippen LogP contribution >= 0.6 is 0 Å². The first-order chi connectivity index (χ1) is 9.20. The van der Waals surface area contributed by atoms with E-state index in [0.717, 1.165) is 49.4 Å². The summed E-state index contributed by atoms with van der Waals surface area (Å²) in [5.41, 5.74) is 5.96. The molecular weight excluding hydrogens is 238 g/mol. The third-order valence-electron chi connectivity index (χ3n) is 4.17. The number of nitrogens with one attached hydrogen (secondary N) is 1. The van der Waals surface area contributed by atoms with Gasteiger partial charge in [-0.3, -0.25) is 0 Å². The quantitative estimate of drug-likeness (QED) is 0.860. The van der Waals surface area contributed by atoms with Gasteiger partial charge in [0.15, 0.2) is 0 Å². The van der Waals surface area contributed by atoms with Gasteiger partial charge < -0.3 is 16.0 Å². The van der Waals surface area contributed by atoms with Crippen molar-refractivity contribution in [1.29, 1.82) is 0 Å². The maximum Gasteiger partial charge on any atom is 0.134 e. The molecule has 1 saturated carbocycles. The van der Waals surface area contributed by atoms with Crippen LogP contribution in [0.4, 0.5) is 11.6 Å². The van der Waals surface area contributed by atoms with Gasteiger partial charge in [0.05, 0.1) is 0 Å². The molecule has 1 aromatic rings. The predicted octanol–water partition coefficient (Wildman–Crippen LogP) is 1.53. The Hall–Kier alpha value is -1.36. The average molecular weight is 261 g/mol. The van der Waals surface area contributed by atoms with Crippen LogP contribution in [0.2, 0.25) is 0 Å². The van der Waals surface area contributed by atoms with Crippen LogP contribution in [0.5, 0.6) is 0 Å². The van der Waals surface area contributed by atoms with E-state index in [1.165, 1.54) is 19.3 Å². The minimum Gasteiger partial charge on any atom is -0.370 e. The topological polar surface area (TPSA) is 67.1 Å². The molecule has 2 heterocycles. The van der Waals surface area contributed by atoms with Crippen molar-refractivity contribution in [2.45, 2.75) is 38.6 Å². The molecule has 3 N–H and O–H groups in total. The van der Waals surface area contributed by atoms with E-state index in [4.69, 9.17) is 5.73 Å².